The van der Waals surface area contributed by atoms with Crippen molar-refractivity contribution in [2.75, 3.05) is 13.1 Å². The van der Waals surface area contributed by atoms with Crippen LogP contribution in [0.15, 0.2) is 54.7 Å². The van der Waals surface area contributed by atoms with Gasteiger partial charge in [-0.15, -0.1) is 0 Å². The van der Waals surface area contributed by atoms with Gasteiger partial charge in [-0.25, -0.2) is 0 Å². The van der Waals surface area contributed by atoms with E-state index in [0.717, 1.165) is 19.6 Å². The molecule has 23 heavy (non-hydrogen) atoms. The Bertz CT molecular complexity index is 798. The predicted molar refractivity (Wildman–Crippen MR) is 105 cm³/mol. The van der Waals surface area contributed by atoms with Crippen LogP contribution >= 0.6 is 22.6 Å². The number of hydrogen-bond acceptors (Lipinski definition) is 1. The molecule has 2 nitrogen and oxygen atoms in total. The van der Waals surface area contributed by atoms with Gasteiger partial charge in [0.05, 0.1) is 0 Å². The maximum atomic E-state index is 3.48. The molecule has 118 valence electrons. The number of fused-ring (bicyclic) bond motifs is 1. The van der Waals surface area contributed by atoms with Crippen molar-refractivity contribution in [1.82, 2.24) is 9.88 Å². The summed E-state index contributed by atoms with van der Waals surface area (Å²) in [5, 5.41) is 4.91. The summed E-state index contributed by atoms with van der Waals surface area (Å²) in [5.74, 6) is 0.694. The zero-order valence-corrected chi connectivity index (χ0v) is 15.3. The molecule has 0 saturated carbocycles. The van der Waals surface area contributed by atoms with E-state index < -0.39 is 0 Å². The molecule has 2 heterocycles. The molecular formula is C20H21IN2. The smallest absolute Gasteiger partial charge is 0.0486 e. The van der Waals surface area contributed by atoms with E-state index >= 15 is 0 Å². The number of nitrogens with zero attached hydrogens (tertiary/aromatic N) is 1. The van der Waals surface area contributed by atoms with E-state index in [1.807, 2.05) is 0 Å². The lowest BCUT2D eigenvalue weighted by Crippen LogP contribution is -2.26. The Labute approximate surface area is 151 Å². The molecule has 1 saturated heterocycles. The summed E-state index contributed by atoms with van der Waals surface area (Å²) in [5.41, 5.74) is 4.26. The van der Waals surface area contributed by atoms with Gasteiger partial charge in [-0.3, -0.25) is 0 Å². The highest BCUT2D eigenvalue weighted by atomic mass is 127. The Kier molecular flexibility index (Phi) is 4.40. The third-order valence-corrected chi connectivity index (χ3v) is 5.58. The molecule has 3 aromatic rings. The molecule has 0 bridgehead atoms. The average molecular weight is 416 g/mol. The molecule has 1 aliphatic rings. The highest BCUT2D eigenvalue weighted by Crippen LogP contribution is 2.33. The highest BCUT2D eigenvalue weighted by Gasteiger charge is 2.19. The van der Waals surface area contributed by atoms with E-state index in [4.69, 9.17) is 0 Å². The van der Waals surface area contributed by atoms with Crippen molar-refractivity contribution >= 4 is 33.5 Å². The fraction of sp³-hybridized carbons (Fsp3) is 0.300. The Morgan fingerprint density at radius 3 is 2.52 bits per heavy atom. The zero-order chi connectivity index (χ0) is 15.6. The van der Waals surface area contributed by atoms with Crippen LogP contribution in [0.3, 0.4) is 0 Å². The summed E-state index contributed by atoms with van der Waals surface area (Å²) in [6, 6.07) is 17.7. The standard InChI is InChI=1S/C20H21IN2/c21-17-7-5-15(6-8-17)13-23-14-19(16-9-11-22-12-10-16)18-3-1-2-4-20(18)23/h1-8,14,16,22H,9-13H2. The summed E-state index contributed by atoms with van der Waals surface area (Å²) in [6.45, 7) is 3.23. The first-order valence-electron chi connectivity index (χ1n) is 8.34. The molecule has 0 amide bonds. The summed E-state index contributed by atoms with van der Waals surface area (Å²) in [6.07, 6.45) is 4.90. The van der Waals surface area contributed by atoms with Gasteiger partial charge in [0.15, 0.2) is 0 Å². The monoisotopic (exact) mass is 416 g/mol. The van der Waals surface area contributed by atoms with Crippen molar-refractivity contribution in [2.24, 2.45) is 0 Å². The lowest BCUT2D eigenvalue weighted by atomic mass is 9.90. The largest absolute Gasteiger partial charge is 0.343 e. The first-order chi connectivity index (χ1) is 11.3. The van der Waals surface area contributed by atoms with Crippen LogP contribution in [0.1, 0.15) is 29.9 Å². The van der Waals surface area contributed by atoms with Crippen LogP contribution in [0.4, 0.5) is 0 Å². The Morgan fingerprint density at radius 2 is 1.74 bits per heavy atom. The minimum atomic E-state index is 0.694. The van der Waals surface area contributed by atoms with E-state index in [9.17, 15) is 0 Å². The van der Waals surface area contributed by atoms with Crippen molar-refractivity contribution in [1.29, 1.82) is 0 Å². The van der Waals surface area contributed by atoms with Crippen molar-refractivity contribution in [2.45, 2.75) is 25.3 Å². The number of benzene rings is 2. The second-order valence-corrected chi connectivity index (χ2v) is 7.63. The molecule has 0 atom stereocenters. The average Bonchev–Trinajstić information content (AvgIpc) is 2.97. The highest BCUT2D eigenvalue weighted by molar-refractivity contribution is 14.1. The first kappa shape index (κ1) is 15.2. The van der Waals surface area contributed by atoms with Crippen LogP contribution in [0.25, 0.3) is 10.9 Å². The summed E-state index contributed by atoms with van der Waals surface area (Å²) >= 11 is 2.36. The van der Waals surface area contributed by atoms with E-state index in [1.54, 1.807) is 0 Å². The molecule has 0 aliphatic carbocycles. The maximum Gasteiger partial charge on any atom is 0.0486 e. The summed E-state index contributed by atoms with van der Waals surface area (Å²) in [4.78, 5) is 0. The van der Waals surface area contributed by atoms with E-state index in [-0.39, 0.29) is 0 Å². The number of rotatable bonds is 3. The van der Waals surface area contributed by atoms with Gasteiger partial charge in [0.2, 0.25) is 0 Å². The second kappa shape index (κ2) is 6.65. The van der Waals surface area contributed by atoms with Gasteiger partial charge in [-0.2, -0.15) is 0 Å². The molecule has 0 radical (unpaired) electrons. The van der Waals surface area contributed by atoms with Crippen LogP contribution < -0.4 is 5.32 Å². The van der Waals surface area contributed by atoms with Crippen LogP contribution in [0.2, 0.25) is 0 Å². The number of piperidine rings is 1. The minimum absolute atomic E-state index is 0.694. The maximum absolute atomic E-state index is 3.48. The lowest BCUT2D eigenvalue weighted by Gasteiger charge is -2.22. The van der Waals surface area contributed by atoms with E-state index in [2.05, 4.69) is 87.2 Å². The zero-order valence-electron chi connectivity index (χ0n) is 13.1. The van der Waals surface area contributed by atoms with Crippen LogP contribution in [-0.4, -0.2) is 17.7 Å². The molecular weight excluding hydrogens is 395 g/mol. The van der Waals surface area contributed by atoms with E-state index in [1.165, 1.54) is 38.4 Å². The number of aromatic nitrogens is 1. The quantitative estimate of drug-likeness (QED) is 0.610. The molecule has 4 rings (SSSR count). The fourth-order valence-electron chi connectivity index (χ4n) is 3.65. The van der Waals surface area contributed by atoms with Crippen LogP contribution in [0, 0.1) is 3.57 Å². The van der Waals surface area contributed by atoms with Gasteiger partial charge in [-0.05, 0) is 83.8 Å². The number of halogens is 1. The van der Waals surface area contributed by atoms with Crippen LogP contribution in [0.5, 0.6) is 0 Å². The predicted octanol–water partition coefficient (Wildman–Crippen LogP) is 4.76. The first-order valence-corrected chi connectivity index (χ1v) is 9.42. The lowest BCUT2D eigenvalue weighted by molar-refractivity contribution is 0.461. The van der Waals surface area contributed by atoms with Gasteiger partial charge >= 0.3 is 0 Å². The van der Waals surface area contributed by atoms with Crippen LogP contribution in [-0.2, 0) is 6.54 Å². The molecule has 3 heteroatoms. The number of para-hydroxylation sites is 1. The van der Waals surface area contributed by atoms with Crippen molar-refractivity contribution < 1.29 is 0 Å². The molecule has 1 fully saturated rings. The fourth-order valence-corrected chi connectivity index (χ4v) is 4.01. The minimum Gasteiger partial charge on any atom is -0.343 e. The van der Waals surface area contributed by atoms with Gasteiger partial charge in [0.25, 0.3) is 0 Å². The summed E-state index contributed by atoms with van der Waals surface area (Å²) < 4.78 is 3.72. The van der Waals surface area contributed by atoms with Crippen molar-refractivity contribution in [3.05, 3.63) is 69.4 Å². The number of hydrogen-bond donors (Lipinski definition) is 1. The van der Waals surface area contributed by atoms with Crippen molar-refractivity contribution in [3.63, 3.8) is 0 Å². The van der Waals surface area contributed by atoms with Crippen molar-refractivity contribution in [3.8, 4) is 0 Å². The molecule has 1 aromatic heterocycles. The van der Waals surface area contributed by atoms with Gasteiger partial charge in [0, 0.05) is 27.2 Å². The summed E-state index contributed by atoms with van der Waals surface area (Å²) in [7, 11) is 0. The Balaban J connectivity index is 1.73. The van der Waals surface area contributed by atoms with Gasteiger partial charge in [0.1, 0.15) is 0 Å². The molecule has 1 aliphatic heterocycles. The van der Waals surface area contributed by atoms with E-state index in [0.29, 0.717) is 5.92 Å². The molecule has 0 unspecified atom stereocenters. The number of nitrogens with one attached hydrogen (secondary N) is 1. The van der Waals surface area contributed by atoms with Gasteiger partial charge < -0.3 is 9.88 Å². The molecule has 2 aromatic carbocycles. The van der Waals surface area contributed by atoms with Gasteiger partial charge in [-0.1, -0.05) is 30.3 Å². The second-order valence-electron chi connectivity index (χ2n) is 6.38. The normalized spacial score (nSPS) is 16.0. The Hall–Kier alpha value is -1.33. The topological polar surface area (TPSA) is 17.0 Å². The molecule has 0 spiro atoms. The third kappa shape index (κ3) is 3.17. The third-order valence-electron chi connectivity index (χ3n) is 4.86. The Morgan fingerprint density at radius 1 is 1.00 bits per heavy atom. The molecule has 1 N–H and O–H groups in total. The SMILES string of the molecule is Ic1ccc(Cn2cc(C3CCNCC3)c3ccccc32)cc1.